The number of halogens is 2. The van der Waals surface area contributed by atoms with Gasteiger partial charge in [-0.25, -0.2) is 8.78 Å². The van der Waals surface area contributed by atoms with Crippen LogP contribution in [0.5, 0.6) is 0 Å². The molecule has 1 N–H and O–H groups in total. The van der Waals surface area contributed by atoms with Gasteiger partial charge in [0.25, 0.3) is 0 Å². The molecule has 1 aromatic rings. The molecule has 1 fully saturated rings. The van der Waals surface area contributed by atoms with Crippen molar-refractivity contribution in [3.8, 4) is 0 Å². The van der Waals surface area contributed by atoms with E-state index in [9.17, 15) is 8.78 Å². The predicted molar refractivity (Wildman–Crippen MR) is 67.7 cm³/mol. The Balaban J connectivity index is 1.95. The van der Waals surface area contributed by atoms with E-state index in [1.54, 1.807) is 0 Å². The van der Waals surface area contributed by atoms with Gasteiger partial charge in [-0.15, -0.1) is 0 Å². The van der Waals surface area contributed by atoms with E-state index in [2.05, 4.69) is 12.2 Å². The second kappa shape index (κ2) is 6.14. The fraction of sp³-hybridized carbons (Fsp3) is 0.571. The zero-order chi connectivity index (χ0) is 13.0. The smallest absolute Gasteiger partial charge is 0.128 e. The first-order valence-electron chi connectivity index (χ1n) is 6.51. The Morgan fingerprint density at radius 1 is 1.28 bits per heavy atom. The van der Waals surface area contributed by atoms with Crippen molar-refractivity contribution in [3.63, 3.8) is 0 Å². The van der Waals surface area contributed by atoms with Crippen LogP contribution in [0.2, 0.25) is 0 Å². The minimum absolute atomic E-state index is 0.233. The lowest BCUT2D eigenvalue weighted by Crippen LogP contribution is -2.34. The highest BCUT2D eigenvalue weighted by molar-refractivity contribution is 5.44. The van der Waals surface area contributed by atoms with Crippen LogP contribution in [0, 0.1) is 11.6 Å². The SMILES string of the molecule is CCCC1CC(Nc2cc(F)cc(F)c2)CCO1. The number of anilines is 1. The molecule has 0 radical (unpaired) electrons. The first-order valence-corrected chi connectivity index (χ1v) is 6.51. The minimum atomic E-state index is -0.547. The van der Waals surface area contributed by atoms with Crippen molar-refractivity contribution in [2.75, 3.05) is 11.9 Å². The Kier molecular flexibility index (Phi) is 4.53. The van der Waals surface area contributed by atoms with Crippen LogP contribution in [-0.2, 0) is 4.74 Å². The molecule has 1 heterocycles. The summed E-state index contributed by atoms with van der Waals surface area (Å²) < 4.78 is 31.8. The summed E-state index contributed by atoms with van der Waals surface area (Å²) >= 11 is 0. The third kappa shape index (κ3) is 3.67. The highest BCUT2D eigenvalue weighted by atomic mass is 19.1. The van der Waals surface area contributed by atoms with Gasteiger partial charge in [0.1, 0.15) is 11.6 Å². The zero-order valence-electron chi connectivity index (χ0n) is 10.6. The van der Waals surface area contributed by atoms with Crippen molar-refractivity contribution in [1.82, 2.24) is 0 Å². The summed E-state index contributed by atoms with van der Waals surface area (Å²) in [5.41, 5.74) is 0.509. The third-order valence-corrected chi connectivity index (χ3v) is 3.21. The van der Waals surface area contributed by atoms with Gasteiger partial charge in [-0.05, 0) is 31.4 Å². The van der Waals surface area contributed by atoms with Crippen LogP contribution in [0.4, 0.5) is 14.5 Å². The quantitative estimate of drug-likeness (QED) is 0.885. The van der Waals surface area contributed by atoms with E-state index in [0.29, 0.717) is 12.3 Å². The maximum absolute atomic E-state index is 13.1. The standard InChI is InChI=1S/C14H19F2NO/c1-2-3-14-9-12(4-5-18-14)17-13-7-10(15)6-11(16)8-13/h6-8,12,14,17H,2-5,9H2,1H3. The maximum atomic E-state index is 13.1. The molecule has 2 rings (SSSR count). The minimum Gasteiger partial charge on any atom is -0.382 e. The zero-order valence-corrected chi connectivity index (χ0v) is 10.6. The van der Waals surface area contributed by atoms with Gasteiger partial charge in [0.15, 0.2) is 0 Å². The molecule has 2 atom stereocenters. The summed E-state index contributed by atoms with van der Waals surface area (Å²) in [6.45, 7) is 2.84. The first kappa shape index (κ1) is 13.3. The molecule has 100 valence electrons. The molecule has 1 aliphatic rings. The summed E-state index contributed by atoms with van der Waals surface area (Å²) in [4.78, 5) is 0. The number of hydrogen-bond acceptors (Lipinski definition) is 2. The van der Waals surface area contributed by atoms with E-state index < -0.39 is 11.6 Å². The number of ether oxygens (including phenoxy) is 1. The Bertz CT molecular complexity index is 375. The second-order valence-electron chi connectivity index (χ2n) is 4.81. The largest absolute Gasteiger partial charge is 0.382 e. The predicted octanol–water partition coefficient (Wildman–Crippen LogP) is 3.72. The molecule has 1 aromatic carbocycles. The van der Waals surface area contributed by atoms with E-state index in [1.165, 1.54) is 12.1 Å². The molecular weight excluding hydrogens is 236 g/mol. The van der Waals surface area contributed by atoms with E-state index in [1.807, 2.05) is 0 Å². The lowest BCUT2D eigenvalue weighted by Gasteiger charge is -2.30. The van der Waals surface area contributed by atoms with Crippen molar-refractivity contribution in [1.29, 1.82) is 0 Å². The molecular formula is C14H19F2NO. The van der Waals surface area contributed by atoms with E-state index >= 15 is 0 Å². The molecule has 0 aromatic heterocycles. The van der Waals surface area contributed by atoms with E-state index in [0.717, 1.165) is 31.7 Å². The van der Waals surface area contributed by atoms with E-state index in [4.69, 9.17) is 4.74 Å². The maximum Gasteiger partial charge on any atom is 0.128 e. The average Bonchev–Trinajstić information content (AvgIpc) is 2.28. The molecule has 0 bridgehead atoms. The van der Waals surface area contributed by atoms with Gasteiger partial charge in [-0.1, -0.05) is 13.3 Å². The van der Waals surface area contributed by atoms with Crippen LogP contribution < -0.4 is 5.32 Å². The van der Waals surface area contributed by atoms with Crippen LogP contribution in [0.3, 0.4) is 0 Å². The Labute approximate surface area is 106 Å². The Morgan fingerprint density at radius 2 is 2.00 bits per heavy atom. The van der Waals surface area contributed by atoms with Crippen molar-refractivity contribution in [2.45, 2.75) is 44.8 Å². The van der Waals surface area contributed by atoms with Crippen LogP contribution in [0.15, 0.2) is 18.2 Å². The molecule has 2 unspecified atom stereocenters. The highest BCUT2D eigenvalue weighted by Crippen LogP contribution is 2.22. The molecule has 4 heteroatoms. The van der Waals surface area contributed by atoms with Crippen molar-refractivity contribution >= 4 is 5.69 Å². The fourth-order valence-electron chi connectivity index (χ4n) is 2.41. The summed E-state index contributed by atoms with van der Waals surface area (Å²) in [6, 6.07) is 3.77. The van der Waals surface area contributed by atoms with Crippen LogP contribution in [0.1, 0.15) is 32.6 Å². The van der Waals surface area contributed by atoms with Crippen molar-refractivity contribution < 1.29 is 13.5 Å². The molecule has 2 nitrogen and oxygen atoms in total. The molecule has 0 amide bonds. The lowest BCUT2D eigenvalue weighted by atomic mass is 10.00. The average molecular weight is 255 g/mol. The van der Waals surface area contributed by atoms with Gasteiger partial charge < -0.3 is 10.1 Å². The first-order chi connectivity index (χ1) is 8.67. The third-order valence-electron chi connectivity index (χ3n) is 3.21. The van der Waals surface area contributed by atoms with Crippen LogP contribution in [-0.4, -0.2) is 18.8 Å². The van der Waals surface area contributed by atoms with Crippen LogP contribution >= 0.6 is 0 Å². The topological polar surface area (TPSA) is 21.3 Å². The molecule has 0 saturated carbocycles. The lowest BCUT2D eigenvalue weighted by molar-refractivity contribution is 0.00597. The fourth-order valence-corrected chi connectivity index (χ4v) is 2.41. The number of hydrogen-bond donors (Lipinski definition) is 1. The van der Waals surface area contributed by atoms with Gasteiger partial charge >= 0.3 is 0 Å². The molecule has 0 spiro atoms. The molecule has 18 heavy (non-hydrogen) atoms. The van der Waals surface area contributed by atoms with Crippen molar-refractivity contribution in [2.24, 2.45) is 0 Å². The molecule has 0 aliphatic carbocycles. The van der Waals surface area contributed by atoms with Gasteiger partial charge in [0.2, 0.25) is 0 Å². The monoisotopic (exact) mass is 255 g/mol. The van der Waals surface area contributed by atoms with Gasteiger partial charge in [-0.2, -0.15) is 0 Å². The number of nitrogens with one attached hydrogen (secondary N) is 1. The molecule has 1 saturated heterocycles. The summed E-state index contributed by atoms with van der Waals surface area (Å²) in [7, 11) is 0. The summed E-state index contributed by atoms with van der Waals surface area (Å²) in [5.74, 6) is -1.09. The summed E-state index contributed by atoms with van der Waals surface area (Å²) in [5, 5.41) is 3.19. The van der Waals surface area contributed by atoms with Gasteiger partial charge in [-0.3, -0.25) is 0 Å². The Morgan fingerprint density at radius 3 is 2.67 bits per heavy atom. The van der Waals surface area contributed by atoms with Crippen molar-refractivity contribution in [3.05, 3.63) is 29.8 Å². The van der Waals surface area contributed by atoms with Gasteiger partial charge in [0.05, 0.1) is 6.10 Å². The summed E-state index contributed by atoms with van der Waals surface area (Å²) in [6.07, 6.45) is 4.16. The normalized spacial score (nSPS) is 23.9. The Hall–Kier alpha value is -1.16. The van der Waals surface area contributed by atoms with E-state index in [-0.39, 0.29) is 12.1 Å². The highest BCUT2D eigenvalue weighted by Gasteiger charge is 2.21. The van der Waals surface area contributed by atoms with Crippen LogP contribution in [0.25, 0.3) is 0 Å². The molecule has 1 aliphatic heterocycles. The van der Waals surface area contributed by atoms with Gasteiger partial charge in [0, 0.05) is 24.4 Å². The second-order valence-corrected chi connectivity index (χ2v) is 4.81. The number of benzene rings is 1. The number of rotatable bonds is 4.